The topological polar surface area (TPSA) is 17.8 Å². The van der Waals surface area contributed by atoms with Gasteiger partial charge >= 0.3 is 0 Å². The molecule has 0 radical (unpaired) electrons. The Morgan fingerprint density at radius 3 is 2.55 bits per heavy atom. The molecule has 20 heavy (non-hydrogen) atoms. The van der Waals surface area contributed by atoms with Crippen molar-refractivity contribution in [2.24, 2.45) is 0 Å². The minimum Gasteiger partial charge on any atom is -0.321 e. The number of rotatable bonds is 2. The van der Waals surface area contributed by atoms with Crippen LogP contribution in [0.3, 0.4) is 0 Å². The summed E-state index contributed by atoms with van der Waals surface area (Å²) in [5, 5.41) is 0.724. The largest absolute Gasteiger partial charge is 0.321 e. The van der Waals surface area contributed by atoms with Crippen molar-refractivity contribution in [1.82, 2.24) is 9.55 Å². The Balaban J connectivity index is 2.35. The van der Waals surface area contributed by atoms with Gasteiger partial charge in [-0.3, -0.25) is 0 Å². The zero-order valence-electron chi connectivity index (χ0n) is 11.9. The Hall–Kier alpha value is -1.80. The van der Waals surface area contributed by atoms with Gasteiger partial charge < -0.3 is 4.57 Å². The van der Waals surface area contributed by atoms with Crippen LogP contribution >= 0.6 is 11.6 Å². The van der Waals surface area contributed by atoms with Crippen LogP contribution in [0.15, 0.2) is 42.5 Å². The quantitative estimate of drug-likeness (QED) is 0.629. The second-order valence-corrected chi connectivity index (χ2v) is 5.78. The fourth-order valence-electron chi connectivity index (χ4n) is 2.61. The van der Waals surface area contributed by atoms with E-state index in [0.717, 1.165) is 21.9 Å². The van der Waals surface area contributed by atoms with Gasteiger partial charge in [-0.1, -0.05) is 35.9 Å². The second kappa shape index (κ2) is 4.95. The van der Waals surface area contributed by atoms with Gasteiger partial charge in [0.05, 0.1) is 11.0 Å². The maximum Gasteiger partial charge on any atom is 0.141 e. The van der Waals surface area contributed by atoms with Gasteiger partial charge in [0.15, 0.2) is 0 Å². The Labute approximate surface area is 124 Å². The normalized spacial score (nSPS) is 11.4. The first-order chi connectivity index (χ1) is 9.58. The molecule has 0 bridgehead atoms. The van der Waals surface area contributed by atoms with Crippen LogP contribution in [0.25, 0.3) is 22.4 Å². The van der Waals surface area contributed by atoms with Crippen molar-refractivity contribution in [2.45, 2.75) is 26.8 Å². The monoisotopic (exact) mass is 284 g/mol. The summed E-state index contributed by atoms with van der Waals surface area (Å²) in [4.78, 5) is 4.80. The van der Waals surface area contributed by atoms with Gasteiger partial charge in [0.25, 0.3) is 0 Å². The lowest BCUT2D eigenvalue weighted by molar-refractivity contribution is 0.624. The number of hydrogen-bond acceptors (Lipinski definition) is 1. The van der Waals surface area contributed by atoms with Crippen LogP contribution in [0, 0.1) is 6.92 Å². The standard InChI is InChI=1S/C17H17ClN2/c1-11(2)20-16-9-8-13(18)10-15(16)19-17(20)14-7-5-4-6-12(14)3/h4-11H,1-3H3. The first-order valence-electron chi connectivity index (χ1n) is 6.81. The van der Waals surface area contributed by atoms with E-state index < -0.39 is 0 Å². The average molecular weight is 285 g/mol. The minimum atomic E-state index is 0.343. The average Bonchev–Trinajstić information content (AvgIpc) is 2.77. The van der Waals surface area contributed by atoms with E-state index in [1.807, 2.05) is 18.2 Å². The summed E-state index contributed by atoms with van der Waals surface area (Å²) < 4.78 is 2.27. The fraction of sp³-hybridized carbons (Fsp3) is 0.235. The maximum atomic E-state index is 6.09. The van der Waals surface area contributed by atoms with Gasteiger partial charge in [-0.05, 0) is 44.5 Å². The van der Waals surface area contributed by atoms with Gasteiger partial charge in [0, 0.05) is 16.6 Å². The highest BCUT2D eigenvalue weighted by atomic mass is 35.5. The molecule has 0 spiro atoms. The van der Waals surface area contributed by atoms with E-state index in [-0.39, 0.29) is 0 Å². The third-order valence-electron chi connectivity index (χ3n) is 3.55. The first kappa shape index (κ1) is 13.2. The molecule has 3 heteroatoms. The number of halogens is 1. The van der Waals surface area contributed by atoms with Crippen molar-refractivity contribution in [3.8, 4) is 11.4 Å². The van der Waals surface area contributed by atoms with Crippen LogP contribution in [0.5, 0.6) is 0 Å². The SMILES string of the molecule is Cc1ccccc1-c1nc2cc(Cl)ccc2n1C(C)C. The highest BCUT2D eigenvalue weighted by molar-refractivity contribution is 6.31. The Morgan fingerprint density at radius 1 is 1.10 bits per heavy atom. The third-order valence-corrected chi connectivity index (χ3v) is 3.79. The lowest BCUT2D eigenvalue weighted by Gasteiger charge is -2.14. The maximum absolute atomic E-state index is 6.09. The van der Waals surface area contributed by atoms with E-state index in [9.17, 15) is 0 Å². The number of aryl methyl sites for hydroxylation is 1. The van der Waals surface area contributed by atoms with Gasteiger partial charge in [-0.15, -0.1) is 0 Å². The molecule has 0 aliphatic rings. The van der Waals surface area contributed by atoms with E-state index in [4.69, 9.17) is 16.6 Å². The third kappa shape index (κ3) is 2.10. The zero-order chi connectivity index (χ0) is 14.3. The Morgan fingerprint density at radius 2 is 1.85 bits per heavy atom. The van der Waals surface area contributed by atoms with Crippen LogP contribution in [0.4, 0.5) is 0 Å². The van der Waals surface area contributed by atoms with Crippen molar-refractivity contribution < 1.29 is 0 Å². The van der Waals surface area contributed by atoms with Gasteiger partial charge in [-0.25, -0.2) is 4.98 Å². The molecule has 0 aliphatic carbocycles. The predicted octanol–water partition coefficient (Wildman–Crippen LogP) is 5.25. The van der Waals surface area contributed by atoms with Crippen LogP contribution in [0.2, 0.25) is 5.02 Å². The van der Waals surface area contributed by atoms with Gasteiger partial charge in [-0.2, -0.15) is 0 Å². The summed E-state index contributed by atoms with van der Waals surface area (Å²) >= 11 is 6.09. The molecule has 1 heterocycles. The summed E-state index contributed by atoms with van der Waals surface area (Å²) in [5.74, 6) is 1.01. The molecule has 0 fully saturated rings. The number of nitrogens with zero attached hydrogens (tertiary/aromatic N) is 2. The van der Waals surface area contributed by atoms with Crippen molar-refractivity contribution in [3.05, 3.63) is 53.1 Å². The van der Waals surface area contributed by atoms with Crippen molar-refractivity contribution >= 4 is 22.6 Å². The lowest BCUT2D eigenvalue weighted by atomic mass is 10.1. The molecule has 2 aromatic carbocycles. The molecule has 0 saturated carbocycles. The Kier molecular flexibility index (Phi) is 3.27. The van der Waals surface area contributed by atoms with Crippen LogP contribution < -0.4 is 0 Å². The molecule has 3 aromatic rings. The molecule has 0 aliphatic heterocycles. The first-order valence-corrected chi connectivity index (χ1v) is 7.19. The molecule has 0 N–H and O–H groups in total. The van der Waals surface area contributed by atoms with Crippen molar-refractivity contribution in [3.63, 3.8) is 0 Å². The summed E-state index contributed by atoms with van der Waals surface area (Å²) in [7, 11) is 0. The minimum absolute atomic E-state index is 0.343. The van der Waals surface area contributed by atoms with Crippen molar-refractivity contribution in [1.29, 1.82) is 0 Å². The number of aromatic nitrogens is 2. The smallest absolute Gasteiger partial charge is 0.141 e. The molecule has 102 valence electrons. The molecule has 0 saturated heterocycles. The zero-order valence-corrected chi connectivity index (χ0v) is 12.6. The molecule has 1 aromatic heterocycles. The number of fused-ring (bicyclic) bond motifs is 1. The molecule has 3 rings (SSSR count). The molecule has 2 nitrogen and oxygen atoms in total. The fourth-order valence-corrected chi connectivity index (χ4v) is 2.77. The Bertz CT molecular complexity index is 772. The number of benzene rings is 2. The predicted molar refractivity (Wildman–Crippen MR) is 85.3 cm³/mol. The van der Waals surface area contributed by atoms with Crippen LogP contribution in [-0.2, 0) is 0 Å². The van der Waals surface area contributed by atoms with E-state index >= 15 is 0 Å². The van der Waals surface area contributed by atoms with E-state index in [1.165, 1.54) is 11.1 Å². The van der Waals surface area contributed by atoms with E-state index in [2.05, 4.69) is 49.6 Å². The molecule has 0 amide bonds. The van der Waals surface area contributed by atoms with E-state index in [0.29, 0.717) is 6.04 Å². The summed E-state index contributed by atoms with van der Waals surface area (Å²) in [6, 6.07) is 14.6. The van der Waals surface area contributed by atoms with Crippen molar-refractivity contribution in [2.75, 3.05) is 0 Å². The molecular weight excluding hydrogens is 268 g/mol. The summed E-state index contributed by atoms with van der Waals surface area (Å²) in [6.45, 7) is 6.47. The summed E-state index contributed by atoms with van der Waals surface area (Å²) in [5.41, 5.74) is 4.48. The number of imidazole rings is 1. The second-order valence-electron chi connectivity index (χ2n) is 5.35. The summed E-state index contributed by atoms with van der Waals surface area (Å²) in [6.07, 6.45) is 0. The van der Waals surface area contributed by atoms with Gasteiger partial charge in [0.1, 0.15) is 5.82 Å². The molecule has 0 unspecified atom stereocenters. The lowest BCUT2D eigenvalue weighted by Crippen LogP contribution is -2.03. The van der Waals surface area contributed by atoms with Gasteiger partial charge in [0.2, 0.25) is 0 Å². The highest BCUT2D eigenvalue weighted by Gasteiger charge is 2.16. The van der Waals surface area contributed by atoms with Crippen LogP contribution in [0.1, 0.15) is 25.5 Å². The highest BCUT2D eigenvalue weighted by Crippen LogP contribution is 2.31. The van der Waals surface area contributed by atoms with E-state index in [1.54, 1.807) is 0 Å². The molecular formula is C17H17ClN2. The number of hydrogen-bond donors (Lipinski definition) is 0. The molecule has 0 atom stereocenters. The van der Waals surface area contributed by atoms with Crippen LogP contribution in [-0.4, -0.2) is 9.55 Å².